The molecule has 0 aliphatic carbocycles. The molecule has 4 rings (SSSR count). The number of aromatic nitrogens is 3. The minimum atomic E-state index is -4.41. The molecule has 0 atom stereocenters. The van der Waals surface area contributed by atoms with Crippen molar-refractivity contribution in [2.75, 3.05) is 0 Å². The smallest absolute Gasteiger partial charge is 0.327 e. The van der Waals surface area contributed by atoms with Crippen molar-refractivity contribution in [2.45, 2.75) is 12.6 Å². The highest BCUT2D eigenvalue weighted by atomic mass is 32.1. The zero-order chi connectivity index (χ0) is 21.3. The van der Waals surface area contributed by atoms with Crippen LogP contribution in [0.4, 0.5) is 13.2 Å². The van der Waals surface area contributed by atoms with Gasteiger partial charge < -0.3 is 4.57 Å². The third-order valence-corrected chi connectivity index (χ3v) is 5.36. The lowest BCUT2D eigenvalue weighted by molar-refractivity contribution is -0.137. The summed E-state index contributed by atoms with van der Waals surface area (Å²) in [4.78, 5) is 20.5. The van der Waals surface area contributed by atoms with E-state index in [1.54, 1.807) is 34.8 Å². The number of ketones is 1. The second kappa shape index (κ2) is 7.87. The van der Waals surface area contributed by atoms with E-state index in [4.69, 9.17) is 0 Å². The molecule has 0 fully saturated rings. The molecular weight excluding hydrogens is 411 g/mol. The second-order valence-corrected chi connectivity index (χ2v) is 7.49. The number of rotatable bonds is 5. The SMILES string of the molecule is Cn1c(-c2ccc(CC(=O)c3cscn3)cc2)cnc1-c1cccc(C(F)(F)F)c1. The van der Waals surface area contributed by atoms with E-state index in [1.165, 1.54) is 17.4 Å². The molecule has 0 unspecified atom stereocenters. The van der Waals surface area contributed by atoms with Gasteiger partial charge in [-0.1, -0.05) is 36.4 Å². The minimum absolute atomic E-state index is 0.0450. The van der Waals surface area contributed by atoms with E-state index in [2.05, 4.69) is 9.97 Å². The van der Waals surface area contributed by atoms with Gasteiger partial charge in [0.2, 0.25) is 0 Å². The van der Waals surface area contributed by atoms with Crippen LogP contribution < -0.4 is 0 Å². The summed E-state index contributed by atoms with van der Waals surface area (Å²) >= 11 is 1.38. The molecule has 0 spiro atoms. The lowest BCUT2D eigenvalue weighted by atomic mass is 10.0. The van der Waals surface area contributed by atoms with E-state index in [9.17, 15) is 18.0 Å². The summed E-state index contributed by atoms with van der Waals surface area (Å²) in [7, 11) is 1.76. The Balaban J connectivity index is 1.57. The molecule has 2 heterocycles. The maximum absolute atomic E-state index is 13.0. The first-order valence-corrected chi connectivity index (χ1v) is 9.97. The van der Waals surface area contributed by atoms with Gasteiger partial charge in [0.1, 0.15) is 11.5 Å². The van der Waals surface area contributed by atoms with E-state index in [-0.39, 0.29) is 12.2 Å². The number of hydrogen-bond acceptors (Lipinski definition) is 4. The van der Waals surface area contributed by atoms with Crippen molar-refractivity contribution in [3.63, 3.8) is 0 Å². The minimum Gasteiger partial charge on any atom is -0.327 e. The molecule has 30 heavy (non-hydrogen) atoms. The Morgan fingerprint density at radius 3 is 2.50 bits per heavy atom. The Bertz CT molecular complexity index is 1180. The molecule has 2 aromatic heterocycles. The largest absolute Gasteiger partial charge is 0.416 e. The van der Waals surface area contributed by atoms with Gasteiger partial charge in [-0.15, -0.1) is 11.3 Å². The average molecular weight is 427 g/mol. The van der Waals surface area contributed by atoms with Gasteiger partial charge in [-0.2, -0.15) is 13.2 Å². The zero-order valence-corrected chi connectivity index (χ0v) is 16.7. The van der Waals surface area contributed by atoms with Crippen molar-refractivity contribution in [2.24, 2.45) is 7.05 Å². The lowest BCUT2D eigenvalue weighted by Gasteiger charge is -2.10. The highest BCUT2D eigenvalue weighted by Gasteiger charge is 2.30. The van der Waals surface area contributed by atoms with Gasteiger partial charge in [0.25, 0.3) is 0 Å². The first-order chi connectivity index (χ1) is 14.3. The first kappa shape index (κ1) is 20.0. The van der Waals surface area contributed by atoms with E-state index in [0.717, 1.165) is 29.0 Å². The fourth-order valence-electron chi connectivity index (χ4n) is 3.20. The van der Waals surface area contributed by atoms with Crippen molar-refractivity contribution in [3.8, 4) is 22.6 Å². The van der Waals surface area contributed by atoms with Gasteiger partial charge in [0.05, 0.1) is 23.0 Å². The number of alkyl halides is 3. The van der Waals surface area contributed by atoms with E-state index in [1.807, 2.05) is 24.3 Å². The normalized spacial score (nSPS) is 11.6. The van der Waals surface area contributed by atoms with Crippen molar-refractivity contribution in [3.05, 3.63) is 82.4 Å². The first-order valence-electron chi connectivity index (χ1n) is 9.03. The predicted octanol–water partition coefficient (Wildman–Crippen LogP) is 5.65. The van der Waals surface area contributed by atoms with Crippen LogP contribution in [0.5, 0.6) is 0 Å². The highest BCUT2D eigenvalue weighted by molar-refractivity contribution is 7.07. The summed E-state index contributed by atoms with van der Waals surface area (Å²) in [5.41, 5.74) is 4.25. The zero-order valence-electron chi connectivity index (χ0n) is 15.8. The van der Waals surface area contributed by atoms with Crippen LogP contribution in [0.2, 0.25) is 0 Å². The molecule has 0 amide bonds. The maximum atomic E-state index is 13.0. The molecule has 0 aliphatic rings. The fourth-order valence-corrected chi connectivity index (χ4v) is 3.76. The topological polar surface area (TPSA) is 47.8 Å². The number of hydrogen-bond donors (Lipinski definition) is 0. The van der Waals surface area contributed by atoms with Crippen molar-refractivity contribution in [1.29, 1.82) is 0 Å². The Labute approximate surface area is 174 Å². The van der Waals surface area contributed by atoms with Gasteiger partial charge in [-0.25, -0.2) is 9.97 Å². The molecule has 4 nitrogen and oxygen atoms in total. The third-order valence-electron chi connectivity index (χ3n) is 4.77. The van der Waals surface area contributed by atoms with Gasteiger partial charge in [0, 0.05) is 24.4 Å². The number of imidazole rings is 1. The van der Waals surface area contributed by atoms with Gasteiger partial charge in [0.15, 0.2) is 5.78 Å². The summed E-state index contributed by atoms with van der Waals surface area (Å²) in [5, 5.41) is 1.72. The fraction of sp³-hybridized carbons (Fsp3) is 0.136. The standard InChI is InChI=1S/C22H16F3N3OS/c1-28-19(11-26-21(28)16-3-2-4-17(10-16)22(23,24)25)15-7-5-14(6-8-15)9-20(29)18-12-30-13-27-18/h2-8,10-13H,9H2,1H3. The molecule has 2 aromatic carbocycles. The highest BCUT2D eigenvalue weighted by Crippen LogP contribution is 2.33. The molecule has 0 radical (unpaired) electrons. The van der Waals surface area contributed by atoms with Crippen LogP contribution in [0.3, 0.4) is 0 Å². The third kappa shape index (κ3) is 4.04. The molecule has 0 bridgehead atoms. The predicted molar refractivity (Wildman–Crippen MR) is 109 cm³/mol. The molecule has 0 saturated heterocycles. The van der Waals surface area contributed by atoms with Crippen molar-refractivity contribution >= 4 is 17.1 Å². The molecule has 8 heteroatoms. The van der Waals surface area contributed by atoms with Crippen LogP contribution >= 0.6 is 11.3 Å². The van der Waals surface area contributed by atoms with Crippen molar-refractivity contribution < 1.29 is 18.0 Å². The summed E-state index contributed by atoms with van der Waals surface area (Å²) in [6.07, 6.45) is -2.52. The Hall–Kier alpha value is -3.26. The summed E-state index contributed by atoms with van der Waals surface area (Å²) < 4.78 is 40.8. The van der Waals surface area contributed by atoms with Crippen LogP contribution in [-0.4, -0.2) is 20.3 Å². The molecule has 0 saturated carbocycles. The Morgan fingerprint density at radius 2 is 1.83 bits per heavy atom. The van der Waals surface area contributed by atoms with E-state index >= 15 is 0 Å². The van der Waals surface area contributed by atoms with Gasteiger partial charge >= 0.3 is 6.18 Å². The molecular formula is C22H16F3N3OS. The number of carbonyl (C=O) groups excluding carboxylic acids is 1. The lowest BCUT2D eigenvalue weighted by Crippen LogP contribution is -2.05. The number of nitrogens with zero attached hydrogens (tertiary/aromatic N) is 3. The maximum Gasteiger partial charge on any atom is 0.416 e. The summed E-state index contributed by atoms with van der Waals surface area (Å²) in [6, 6.07) is 12.6. The number of halogens is 3. The monoisotopic (exact) mass is 427 g/mol. The second-order valence-electron chi connectivity index (χ2n) is 6.78. The van der Waals surface area contributed by atoms with Crippen molar-refractivity contribution in [1.82, 2.24) is 14.5 Å². The molecule has 0 N–H and O–H groups in total. The molecule has 0 aliphatic heterocycles. The number of Topliss-reactive ketones (excluding diaryl/α,β-unsaturated/α-hetero) is 1. The van der Waals surface area contributed by atoms with Crippen LogP contribution in [0.15, 0.2) is 65.6 Å². The Kier molecular flexibility index (Phi) is 5.26. The van der Waals surface area contributed by atoms with E-state index < -0.39 is 11.7 Å². The number of carbonyl (C=O) groups is 1. The van der Waals surface area contributed by atoms with Gasteiger partial charge in [-0.3, -0.25) is 4.79 Å². The van der Waals surface area contributed by atoms with Crippen LogP contribution in [0, 0.1) is 0 Å². The van der Waals surface area contributed by atoms with Crippen LogP contribution in [0.1, 0.15) is 21.6 Å². The summed E-state index contributed by atoms with van der Waals surface area (Å²) in [6.45, 7) is 0. The average Bonchev–Trinajstić information content (AvgIpc) is 3.38. The van der Waals surface area contributed by atoms with E-state index in [0.29, 0.717) is 17.1 Å². The summed E-state index contributed by atoms with van der Waals surface area (Å²) in [5.74, 6) is 0.398. The molecule has 152 valence electrons. The number of thiazole rings is 1. The quantitative estimate of drug-likeness (QED) is 0.387. The molecule has 4 aromatic rings. The van der Waals surface area contributed by atoms with Crippen LogP contribution in [-0.2, 0) is 19.6 Å². The number of benzene rings is 2. The van der Waals surface area contributed by atoms with Crippen LogP contribution in [0.25, 0.3) is 22.6 Å². The Morgan fingerprint density at radius 1 is 1.07 bits per heavy atom. The van der Waals surface area contributed by atoms with Gasteiger partial charge in [-0.05, 0) is 23.3 Å².